The summed E-state index contributed by atoms with van der Waals surface area (Å²) < 4.78 is 6.59. The molecule has 1 amide bonds. The van der Waals surface area contributed by atoms with Gasteiger partial charge < -0.3 is 9.84 Å². The van der Waals surface area contributed by atoms with Crippen molar-refractivity contribution in [2.45, 2.75) is 13.8 Å². The number of amides is 1. The highest BCUT2D eigenvalue weighted by Gasteiger charge is 2.34. The standard InChI is InChI=1S/C19H16BrNO3S2/c1-3-24-16-8-12(13(20)10-15(16)22)9-17-18(23)21(19(25)26-17)14-7-5-4-6-11(14)2/h4-10,22H,3H2,1-2H3. The van der Waals surface area contributed by atoms with Crippen LogP contribution in [0.25, 0.3) is 6.08 Å². The van der Waals surface area contributed by atoms with E-state index >= 15 is 0 Å². The molecule has 1 fully saturated rings. The molecular weight excluding hydrogens is 434 g/mol. The Labute approximate surface area is 170 Å². The second-order valence-electron chi connectivity index (χ2n) is 5.58. The minimum absolute atomic E-state index is 0.0448. The molecule has 4 nitrogen and oxygen atoms in total. The van der Waals surface area contributed by atoms with E-state index in [9.17, 15) is 9.90 Å². The predicted octanol–water partition coefficient (Wildman–Crippen LogP) is 5.27. The molecule has 2 aromatic rings. The summed E-state index contributed by atoms with van der Waals surface area (Å²) in [5.41, 5.74) is 2.50. The maximum atomic E-state index is 12.9. The number of rotatable bonds is 4. The molecule has 0 spiro atoms. The van der Waals surface area contributed by atoms with E-state index in [4.69, 9.17) is 17.0 Å². The maximum Gasteiger partial charge on any atom is 0.270 e. The van der Waals surface area contributed by atoms with Crippen LogP contribution in [0.5, 0.6) is 11.5 Å². The summed E-state index contributed by atoms with van der Waals surface area (Å²) in [4.78, 5) is 15.0. The van der Waals surface area contributed by atoms with Crippen molar-refractivity contribution in [3.8, 4) is 11.5 Å². The zero-order valence-corrected chi connectivity index (χ0v) is 17.4. The number of para-hydroxylation sites is 1. The van der Waals surface area contributed by atoms with Crippen LogP contribution in [0.4, 0.5) is 5.69 Å². The molecule has 3 rings (SSSR count). The Morgan fingerprint density at radius 2 is 2.08 bits per heavy atom. The van der Waals surface area contributed by atoms with Gasteiger partial charge in [-0.2, -0.15) is 0 Å². The largest absolute Gasteiger partial charge is 0.504 e. The Morgan fingerprint density at radius 1 is 1.35 bits per heavy atom. The van der Waals surface area contributed by atoms with Crippen LogP contribution in [0.3, 0.4) is 0 Å². The summed E-state index contributed by atoms with van der Waals surface area (Å²) in [6.07, 6.45) is 1.75. The first kappa shape index (κ1) is 18.9. The molecular formula is C19H16BrNO3S2. The van der Waals surface area contributed by atoms with E-state index in [1.165, 1.54) is 11.8 Å². The molecule has 0 aliphatic carbocycles. The van der Waals surface area contributed by atoms with Crippen molar-refractivity contribution in [1.82, 2.24) is 0 Å². The number of aryl methyl sites for hydroxylation is 1. The molecule has 1 saturated heterocycles. The Balaban J connectivity index is 1.99. The molecule has 134 valence electrons. The zero-order chi connectivity index (χ0) is 18.8. The molecule has 1 heterocycles. The van der Waals surface area contributed by atoms with Crippen molar-refractivity contribution in [3.63, 3.8) is 0 Å². The number of phenols is 1. The van der Waals surface area contributed by atoms with Crippen LogP contribution in [0.2, 0.25) is 0 Å². The fraction of sp³-hybridized carbons (Fsp3) is 0.158. The summed E-state index contributed by atoms with van der Waals surface area (Å²) in [5.74, 6) is 0.256. The molecule has 0 atom stereocenters. The smallest absolute Gasteiger partial charge is 0.270 e. The van der Waals surface area contributed by atoms with Crippen molar-refractivity contribution < 1.29 is 14.6 Å². The second-order valence-corrected chi connectivity index (χ2v) is 8.11. The van der Waals surface area contributed by atoms with Gasteiger partial charge in [-0.1, -0.05) is 58.1 Å². The molecule has 26 heavy (non-hydrogen) atoms. The van der Waals surface area contributed by atoms with Gasteiger partial charge >= 0.3 is 0 Å². The maximum absolute atomic E-state index is 12.9. The van der Waals surface area contributed by atoms with Gasteiger partial charge in [0.1, 0.15) is 0 Å². The Kier molecular flexibility index (Phi) is 5.70. The SMILES string of the molecule is CCOc1cc(C=C2SC(=S)N(c3ccccc3C)C2=O)c(Br)cc1O. The van der Waals surface area contributed by atoms with Crippen LogP contribution < -0.4 is 9.64 Å². The monoisotopic (exact) mass is 449 g/mol. The summed E-state index contributed by atoms with van der Waals surface area (Å²) in [6.45, 7) is 4.22. The van der Waals surface area contributed by atoms with Gasteiger partial charge in [0, 0.05) is 4.47 Å². The van der Waals surface area contributed by atoms with E-state index in [1.54, 1.807) is 23.1 Å². The average molecular weight is 450 g/mol. The topological polar surface area (TPSA) is 49.8 Å². The number of phenolic OH excluding ortho intramolecular Hbond substituents is 1. The number of nitrogens with zero attached hydrogens (tertiary/aromatic N) is 1. The van der Waals surface area contributed by atoms with Crippen molar-refractivity contribution in [2.24, 2.45) is 0 Å². The zero-order valence-electron chi connectivity index (χ0n) is 14.2. The van der Waals surface area contributed by atoms with E-state index in [0.29, 0.717) is 26.1 Å². The number of ether oxygens (including phenoxy) is 1. The number of aromatic hydroxyl groups is 1. The molecule has 0 bridgehead atoms. The van der Waals surface area contributed by atoms with E-state index in [0.717, 1.165) is 16.8 Å². The second kappa shape index (κ2) is 7.82. The summed E-state index contributed by atoms with van der Waals surface area (Å²) >= 11 is 10.1. The van der Waals surface area contributed by atoms with Gasteiger partial charge in [0.15, 0.2) is 15.8 Å². The average Bonchev–Trinajstić information content (AvgIpc) is 2.87. The molecule has 0 radical (unpaired) electrons. The molecule has 2 aromatic carbocycles. The van der Waals surface area contributed by atoms with Gasteiger partial charge in [0.25, 0.3) is 5.91 Å². The first-order chi connectivity index (χ1) is 12.4. The van der Waals surface area contributed by atoms with Crippen LogP contribution in [-0.4, -0.2) is 21.9 Å². The lowest BCUT2D eigenvalue weighted by molar-refractivity contribution is -0.113. The number of carbonyl (C=O) groups is 1. The normalized spacial score (nSPS) is 15.8. The van der Waals surface area contributed by atoms with E-state index in [2.05, 4.69) is 15.9 Å². The van der Waals surface area contributed by atoms with Gasteiger partial charge in [0.05, 0.1) is 17.2 Å². The van der Waals surface area contributed by atoms with Gasteiger partial charge in [-0.3, -0.25) is 9.69 Å². The van der Waals surface area contributed by atoms with Crippen LogP contribution in [-0.2, 0) is 4.79 Å². The summed E-state index contributed by atoms with van der Waals surface area (Å²) in [7, 11) is 0. The van der Waals surface area contributed by atoms with Crippen LogP contribution in [0.15, 0.2) is 45.8 Å². The number of benzene rings is 2. The molecule has 0 unspecified atom stereocenters. The first-order valence-corrected chi connectivity index (χ1v) is 9.93. The molecule has 0 saturated carbocycles. The van der Waals surface area contributed by atoms with Gasteiger partial charge in [-0.25, -0.2) is 0 Å². The summed E-state index contributed by atoms with van der Waals surface area (Å²) in [6, 6.07) is 10.9. The van der Waals surface area contributed by atoms with E-state index < -0.39 is 0 Å². The molecule has 1 N–H and O–H groups in total. The third-order valence-corrected chi connectivity index (χ3v) is 5.80. The highest BCUT2D eigenvalue weighted by Crippen LogP contribution is 2.39. The number of hydrogen-bond acceptors (Lipinski definition) is 5. The quantitative estimate of drug-likeness (QED) is 0.508. The lowest BCUT2D eigenvalue weighted by atomic mass is 10.1. The minimum Gasteiger partial charge on any atom is -0.504 e. The number of carbonyl (C=O) groups excluding carboxylic acids is 1. The number of anilines is 1. The molecule has 7 heteroatoms. The van der Waals surface area contributed by atoms with Crippen LogP contribution in [0.1, 0.15) is 18.1 Å². The molecule has 1 aliphatic heterocycles. The predicted molar refractivity (Wildman–Crippen MR) is 114 cm³/mol. The number of hydrogen-bond donors (Lipinski definition) is 1. The Bertz CT molecular complexity index is 927. The third-order valence-electron chi connectivity index (χ3n) is 3.81. The highest BCUT2D eigenvalue weighted by atomic mass is 79.9. The van der Waals surface area contributed by atoms with Gasteiger partial charge in [0.2, 0.25) is 0 Å². The highest BCUT2D eigenvalue weighted by molar-refractivity contribution is 9.10. The van der Waals surface area contributed by atoms with Crippen molar-refractivity contribution in [2.75, 3.05) is 11.5 Å². The van der Waals surface area contributed by atoms with Crippen LogP contribution in [0, 0.1) is 6.92 Å². The lowest BCUT2D eigenvalue weighted by Crippen LogP contribution is -2.28. The van der Waals surface area contributed by atoms with Gasteiger partial charge in [-0.15, -0.1) is 0 Å². The van der Waals surface area contributed by atoms with Gasteiger partial charge in [-0.05, 0) is 49.2 Å². The molecule has 1 aliphatic rings. The van der Waals surface area contributed by atoms with Crippen LogP contribution >= 0.6 is 39.9 Å². The fourth-order valence-electron chi connectivity index (χ4n) is 2.57. The van der Waals surface area contributed by atoms with Crippen molar-refractivity contribution >= 4 is 61.9 Å². The van der Waals surface area contributed by atoms with Crippen molar-refractivity contribution in [1.29, 1.82) is 0 Å². The van der Waals surface area contributed by atoms with E-state index in [-0.39, 0.29) is 11.7 Å². The number of halogens is 1. The summed E-state index contributed by atoms with van der Waals surface area (Å²) in [5, 5.41) is 9.95. The fourth-order valence-corrected chi connectivity index (χ4v) is 4.29. The molecule has 0 aromatic heterocycles. The number of thioether (sulfide) groups is 1. The minimum atomic E-state index is -0.160. The number of thiocarbonyl (C=S) groups is 1. The Morgan fingerprint density at radius 3 is 2.77 bits per heavy atom. The van der Waals surface area contributed by atoms with E-state index in [1.807, 2.05) is 38.1 Å². The first-order valence-electron chi connectivity index (χ1n) is 7.91. The Hall–Kier alpha value is -1.83. The lowest BCUT2D eigenvalue weighted by Gasteiger charge is -2.16. The van der Waals surface area contributed by atoms with Crippen molar-refractivity contribution in [3.05, 3.63) is 56.9 Å². The third kappa shape index (κ3) is 3.65.